The van der Waals surface area contributed by atoms with Crippen LogP contribution in [0.5, 0.6) is 5.75 Å². The standard InChI is InChI=1S/C9H8F2O4/c1-14-4-15-7-3-5(10)2-6(8(7)11)9(12)13/h2-3H,4H2,1H3,(H,12,13). The summed E-state index contributed by atoms with van der Waals surface area (Å²) in [5.74, 6) is -4.07. The molecular formula is C9H8F2O4. The monoisotopic (exact) mass is 218 g/mol. The average Bonchev–Trinajstić information content (AvgIpc) is 2.18. The van der Waals surface area contributed by atoms with Crippen LogP contribution >= 0.6 is 0 Å². The van der Waals surface area contributed by atoms with Crippen molar-refractivity contribution < 1.29 is 28.2 Å². The summed E-state index contributed by atoms with van der Waals surface area (Å²) in [4.78, 5) is 10.5. The summed E-state index contributed by atoms with van der Waals surface area (Å²) in [7, 11) is 1.30. The molecule has 1 aromatic rings. The van der Waals surface area contributed by atoms with Crippen molar-refractivity contribution in [1.82, 2.24) is 0 Å². The molecule has 0 aromatic heterocycles. The van der Waals surface area contributed by atoms with Crippen LogP contribution in [0.1, 0.15) is 10.4 Å². The molecule has 0 aliphatic heterocycles. The van der Waals surface area contributed by atoms with Gasteiger partial charge in [-0.3, -0.25) is 0 Å². The van der Waals surface area contributed by atoms with E-state index in [1.54, 1.807) is 0 Å². The van der Waals surface area contributed by atoms with Gasteiger partial charge in [0.25, 0.3) is 0 Å². The van der Waals surface area contributed by atoms with Gasteiger partial charge in [-0.25, -0.2) is 13.6 Å². The van der Waals surface area contributed by atoms with E-state index in [0.29, 0.717) is 6.07 Å². The molecule has 0 amide bonds. The highest BCUT2D eigenvalue weighted by molar-refractivity contribution is 5.88. The third kappa shape index (κ3) is 2.63. The average molecular weight is 218 g/mol. The zero-order chi connectivity index (χ0) is 11.4. The zero-order valence-electron chi connectivity index (χ0n) is 7.79. The van der Waals surface area contributed by atoms with Gasteiger partial charge in [0.2, 0.25) is 0 Å². The SMILES string of the molecule is COCOc1cc(F)cc(C(=O)O)c1F. The van der Waals surface area contributed by atoms with E-state index in [9.17, 15) is 13.6 Å². The molecule has 0 spiro atoms. The predicted octanol–water partition coefficient (Wildman–Crippen LogP) is 1.65. The lowest BCUT2D eigenvalue weighted by atomic mass is 10.2. The summed E-state index contributed by atoms with van der Waals surface area (Å²) >= 11 is 0. The van der Waals surface area contributed by atoms with Crippen LogP contribution in [0, 0.1) is 11.6 Å². The van der Waals surface area contributed by atoms with Gasteiger partial charge in [-0.05, 0) is 6.07 Å². The van der Waals surface area contributed by atoms with Crippen molar-refractivity contribution in [3.05, 3.63) is 29.3 Å². The summed E-state index contributed by atoms with van der Waals surface area (Å²) in [5.41, 5.74) is -0.777. The normalized spacial score (nSPS) is 10.1. The van der Waals surface area contributed by atoms with Crippen LogP contribution in [0.2, 0.25) is 0 Å². The Hall–Kier alpha value is -1.69. The fourth-order valence-corrected chi connectivity index (χ4v) is 0.947. The maximum absolute atomic E-state index is 13.3. The van der Waals surface area contributed by atoms with Crippen molar-refractivity contribution >= 4 is 5.97 Å². The number of halogens is 2. The van der Waals surface area contributed by atoms with Crippen LogP contribution < -0.4 is 4.74 Å². The number of carboxylic acids is 1. The van der Waals surface area contributed by atoms with Gasteiger partial charge in [0.15, 0.2) is 18.4 Å². The number of carboxylic acid groups (broad SMARTS) is 1. The van der Waals surface area contributed by atoms with Crippen molar-refractivity contribution in [2.24, 2.45) is 0 Å². The Bertz CT molecular complexity index is 379. The number of aromatic carboxylic acids is 1. The van der Waals surface area contributed by atoms with Gasteiger partial charge in [0, 0.05) is 13.2 Å². The second-order valence-corrected chi connectivity index (χ2v) is 2.62. The van der Waals surface area contributed by atoms with Crippen molar-refractivity contribution in [2.75, 3.05) is 13.9 Å². The second kappa shape index (κ2) is 4.70. The lowest BCUT2D eigenvalue weighted by molar-refractivity contribution is 0.0473. The Balaban J connectivity index is 3.10. The topological polar surface area (TPSA) is 55.8 Å². The summed E-state index contributed by atoms with van der Waals surface area (Å²) < 4.78 is 35.3. The minimum absolute atomic E-state index is 0.292. The molecule has 0 saturated heterocycles. The molecule has 0 fully saturated rings. The Morgan fingerprint density at radius 3 is 2.67 bits per heavy atom. The van der Waals surface area contributed by atoms with Crippen molar-refractivity contribution in [2.45, 2.75) is 0 Å². The Morgan fingerprint density at radius 2 is 2.13 bits per heavy atom. The van der Waals surface area contributed by atoms with Gasteiger partial charge < -0.3 is 14.6 Å². The quantitative estimate of drug-likeness (QED) is 0.780. The fraction of sp³-hybridized carbons (Fsp3) is 0.222. The van der Waals surface area contributed by atoms with Crippen molar-refractivity contribution in [3.8, 4) is 5.75 Å². The third-order valence-corrected chi connectivity index (χ3v) is 1.57. The largest absolute Gasteiger partial charge is 0.478 e. The molecule has 0 unspecified atom stereocenters. The smallest absolute Gasteiger partial charge is 0.338 e. The minimum atomic E-state index is -1.56. The van der Waals surface area contributed by atoms with Crippen molar-refractivity contribution in [1.29, 1.82) is 0 Å². The third-order valence-electron chi connectivity index (χ3n) is 1.57. The molecule has 82 valence electrons. The Labute approximate surface area is 84.0 Å². The van der Waals surface area contributed by atoms with Crippen LogP contribution in [0.3, 0.4) is 0 Å². The van der Waals surface area contributed by atoms with Crippen LogP contribution in [0.25, 0.3) is 0 Å². The van der Waals surface area contributed by atoms with Gasteiger partial charge >= 0.3 is 5.97 Å². The molecule has 0 aliphatic rings. The molecule has 6 heteroatoms. The maximum atomic E-state index is 13.3. The number of benzene rings is 1. The van der Waals surface area contributed by atoms with Gasteiger partial charge in [0.1, 0.15) is 11.4 Å². The first-order valence-electron chi connectivity index (χ1n) is 3.90. The summed E-state index contributed by atoms with van der Waals surface area (Å²) in [6, 6.07) is 1.33. The number of ether oxygens (including phenoxy) is 2. The highest BCUT2D eigenvalue weighted by Gasteiger charge is 2.17. The second-order valence-electron chi connectivity index (χ2n) is 2.62. The molecule has 0 bridgehead atoms. The molecule has 4 nitrogen and oxygen atoms in total. The Morgan fingerprint density at radius 1 is 1.47 bits per heavy atom. The Kier molecular flexibility index (Phi) is 3.56. The minimum Gasteiger partial charge on any atom is -0.478 e. The lowest BCUT2D eigenvalue weighted by Crippen LogP contribution is -2.06. The highest BCUT2D eigenvalue weighted by atomic mass is 19.1. The van der Waals surface area contributed by atoms with Gasteiger partial charge in [0.05, 0.1) is 0 Å². The van der Waals surface area contributed by atoms with Crippen LogP contribution in [-0.4, -0.2) is 25.0 Å². The maximum Gasteiger partial charge on any atom is 0.338 e. The molecule has 1 aromatic carbocycles. The van der Waals surface area contributed by atoms with E-state index in [2.05, 4.69) is 9.47 Å². The molecule has 0 atom stereocenters. The van der Waals surface area contributed by atoms with E-state index in [1.807, 2.05) is 0 Å². The highest BCUT2D eigenvalue weighted by Crippen LogP contribution is 2.22. The first kappa shape index (κ1) is 11.4. The number of rotatable bonds is 4. The van der Waals surface area contributed by atoms with E-state index in [-0.39, 0.29) is 6.79 Å². The van der Waals surface area contributed by atoms with E-state index in [4.69, 9.17) is 5.11 Å². The van der Waals surface area contributed by atoms with Crippen LogP contribution in [0.15, 0.2) is 12.1 Å². The molecular weight excluding hydrogens is 210 g/mol. The van der Waals surface area contributed by atoms with E-state index >= 15 is 0 Å². The van der Waals surface area contributed by atoms with Gasteiger partial charge in [-0.1, -0.05) is 0 Å². The van der Waals surface area contributed by atoms with Gasteiger partial charge in [-0.15, -0.1) is 0 Å². The van der Waals surface area contributed by atoms with E-state index < -0.39 is 28.9 Å². The van der Waals surface area contributed by atoms with E-state index in [0.717, 1.165) is 6.07 Å². The van der Waals surface area contributed by atoms with Crippen LogP contribution in [-0.2, 0) is 4.74 Å². The zero-order valence-corrected chi connectivity index (χ0v) is 7.79. The fourth-order valence-electron chi connectivity index (χ4n) is 0.947. The predicted molar refractivity (Wildman–Crippen MR) is 45.8 cm³/mol. The molecule has 0 aliphatic carbocycles. The molecule has 1 rings (SSSR count). The van der Waals surface area contributed by atoms with Crippen LogP contribution in [0.4, 0.5) is 8.78 Å². The summed E-state index contributed by atoms with van der Waals surface area (Å²) in [6.45, 7) is -0.292. The van der Waals surface area contributed by atoms with Gasteiger partial charge in [-0.2, -0.15) is 0 Å². The first-order valence-corrected chi connectivity index (χ1v) is 3.90. The number of hydrogen-bond acceptors (Lipinski definition) is 3. The number of methoxy groups -OCH3 is 1. The summed E-state index contributed by atoms with van der Waals surface area (Å²) in [6.07, 6.45) is 0. The number of hydrogen-bond donors (Lipinski definition) is 1. The lowest BCUT2D eigenvalue weighted by Gasteiger charge is -2.07. The molecule has 1 N–H and O–H groups in total. The van der Waals surface area contributed by atoms with Crippen molar-refractivity contribution in [3.63, 3.8) is 0 Å². The molecule has 0 heterocycles. The summed E-state index contributed by atoms with van der Waals surface area (Å²) in [5, 5.41) is 8.55. The first-order chi connectivity index (χ1) is 7.06. The van der Waals surface area contributed by atoms with E-state index in [1.165, 1.54) is 7.11 Å². The molecule has 0 saturated carbocycles. The molecule has 15 heavy (non-hydrogen) atoms. The molecule has 0 radical (unpaired) electrons. The number of carbonyl (C=O) groups is 1.